The Morgan fingerprint density at radius 3 is 1.78 bits per heavy atom. The third-order valence-electron chi connectivity index (χ3n) is 8.34. The van der Waals surface area contributed by atoms with Crippen molar-refractivity contribution in [2.24, 2.45) is 34.5 Å². The molecule has 4 saturated carbocycles. The summed E-state index contributed by atoms with van der Waals surface area (Å²) in [6.45, 7) is 0. The van der Waals surface area contributed by atoms with Crippen molar-refractivity contribution in [3.8, 4) is 0 Å². The summed E-state index contributed by atoms with van der Waals surface area (Å²) in [5.74, 6) is 6.46. The molecule has 18 heavy (non-hydrogen) atoms. The van der Waals surface area contributed by atoms with Gasteiger partial charge < -0.3 is 0 Å². The fourth-order valence-electron chi connectivity index (χ4n) is 8.48. The smallest absolute Gasteiger partial charge is 0.00566 e. The highest BCUT2D eigenvalue weighted by atomic mass is 15.0. The second kappa shape index (κ2) is 1.94. The van der Waals surface area contributed by atoms with E-state index in [1.165, 1.54) is 12.8 Å². The lowest BCUT2D eigenvalue weighted by atomic mass is 9.00. The average Bonchev–Trinajstić information content (AvgIpc) is 2.40. The second-order valence-corrected chi connectivity index (χ2v) is 7.75. The van der Waals surface area contributed by atoms with Gasteiger partial charge in [-0.2, -0.15) is 0 Å². The Kier molecular flexibility index (Phi) is 0.881. The van der Waals surface area contributed by atoms with E-state index in [9.17, 15) is 0 Å². The molecule has 0 radical (unpaired) electrons. The lowest BCUT2D eigenvalue weighted by Gasteiger charge is -3.03. The van der Waals surface area contributed by atoms with Gasteiger partial charge in [-0.3, -0.25) is 0 Å². The summed E-state index contributed by atoms with van der Waals surface area (Å²) in [6, 6.07) is 9.48. The van der Waals surface area contributed by atoms with E-state index in [2.05, 4.69) is 36.4 Å². The summed E-state index contributed by atoms with van der Waals surface area (Å²) in [5.41, 5.74) is 5.04. The zero-order chi connectivity index (χ0) is 11.3. The summed E-state index contributed by atoms with van der Waals surface area (Å²) < 4.78 is 0. The van der Waals surface area contributed by atoms with Crippen LogP contribution in [0, 0.1) is 34.5 Å². The number of hydrogen-bond acceptors (Lipinski definition) is 0. The van der Waals surface area contributed by atoms with Crippen LogP contribution in [0.1, 0.15) is 35.8 Å². The quantitative estimate of drug-likeness (QED) is 0.598. The molecule has 2 bridgehead atoms. The van der Waals surface area contributed by atoms with Crippen molar-refractivity contribution < 1.29 is 0 Å². The van der Waals surface area contributed by atoms with E-state index in [-0.39, 0.29) is 0 Å². The van der Waals surface area contributed by atoms with Crippen LogP contribution in [-0.2, 0) is 0 Å². The van der Waals surface area contributed by atoms with E-state index in [4.69, 9.17) is 0 Å². The maximum absolute atomic E-state index is 2.52. The van der Waals surface area contributed by atoms with Crippen molar-refractivity contribution in [2.75, 3.05) is 0 Å². The minimum Gasteiger partial charge on any atom is -0.0879 e. The van der Waals surface area contributed by atoms with Crippen LogP contribution in [0.3, 0.4) is 0 Å². The standard InChI is InChI=1S/C18H16/c1-2-6-10-9(5-1)13-11-12-14(10)18-8-4-3-7-17(13,18)15(11)16(12)18/h1-6,11-16H,7-8H2/t11-,12-,13-,14-,15-,16+,17+,18-/m0/s1. The van der Waals surface area contributed by atoms with Crippen LogP contribution in [0.25, 0.3) is 0 Å². The van der Waals surface area contributed by atoms with Crippen molar-refractivity contribution in [2.45, 2.75) is 24.7 Å². The summed E-state index contributed by atoms with van der Waals surface area (Å²) in [4.78, 5) is 0. The molecule has 1 aromatic carbocycles. The van der Waals surface area contributed by atoms with E-state index in [0.29, 0.717) is 0 Å². The SMILES string of the molecule is C1=CC[C@]23[C@@H]4[C@H]5[C@@H]6[C@@H]4[C@@]2(C1)[C@H]6c1ccccc1[C@@H]53. The molecule has 7 aliphatic rings. The van der Waals surface area contributed by atoms with Gasteiger partial charge in [0.25, 0.3) is 0 Å². The van der Waals surface area contributed by atoms with Gasteiger partial charge in [0.15, 0.2) is 0 Å². The molecule has 8 rings (SSSR count). The van der Waals surface area contributed by atoms with E-state index in [0.717, 1.165) is 46.3 Å². The molecule has 8 atom stereocenters. The molecule has 0 unspecified atom stereocenters. The van der Waals surface area contributed by atoms with Crippen LogP contribution in [0.4, 0.5) is 0 Å². The predicted molar refractivity (Wildman–Crippen MR) is 69.1 cm³/mol. The van der Waals surface area contributed by atoms with E-state index >= 15 is 0 Å². The van der Waals surface area contributed by atoms with Crippen LogP contribution in [0.5, 0.6) is 0 Å². The molecule has 0 N–H and O–H groups in total. The molecule has 0 aliphatic heterocycles. The maximum atomic E-state index is 2.52. The van der Waals surface area contributed by atoms with Crippen molar-refractivity contribution in [1.82, 2.24) is 0 Å². The molecule has 2 spiro atoms. The van der Waals surface area contributed by atoms with E-state index in [1.54, 1.807) is 11.1 Å². The van der Waals surface area contributed by atoms with Crippen molar-refractivity contribution >= 4 is 0 Å². The van der Waals surface area contributed by atoms with Crippen LogP contribution in [0.15, 0.2) is 36.4 Å². The number of hydrogen-bond donors (Lipinski definition) is 0. The van der Waals surface area contributed by atoms with Crippen LogP contribution >= 0.6 is 0 Å². The van der Waals surface area contributed by atoms with Gasteiger partial charge in [-0.15, -0.1) is 0 Å². The first-order valence-corrected chi connectivity index (χ1v) is 7.67. The first kappa shape index (κ1) is 8.19. The van der Waals surface area contributed by atoms with Crippen molar-refractivity contribution in [3.05, 3.63) is 47.5 Å². The molecule has 4 fully saturated rings. The summed E-state index contributed by atoms with van der Waals surface area (Å²) >= 11 is 0. The first-order chi connectivity index (χ1) is 8.93. The summed E-state index contributed by atoms with van der Waals surface area (Å²) in [7, 11) is 0. The van der Waals surface area contributed by atoms with Gasteiger partial charge in [-0.1, -0.05) is 36.4 Å². The topological polar surface area (TPSA) is 0 Å². The Morgan fingerprint density at radius 1 is 0.778 bits per heavy atom. The highest BCUT2D eigenvalue weighted by Crippen LogP contribution is 3.05. The minimum absolute atomic E-state index is 0.755. The average molecular weight is 232 g/mol. The number of allylic oxidation sites excluding steroid dienone is 2. The molecular weight excluding hydrogens is 216 g/mol. The molecule has 1 aromatic rings. The molecule has 88 valence electrons. The maximum Gasteiger partial charge on any atom is -0.00566 e. The van der Waals surface area contributed by atoms with Gasteiger partial charge in [0, 0.05) is 0 Å². The highest BCUT2D eigenvalue weighted by molar-refractivity contribution is 5.62. The minimum atomic E-state index is 0.755. The van der Waals surface area contributed by atoms with Crippen LogP contribution < -0.4 is 0 Å². The predicted octanol–water partition coefficient (Wildman–Crippen LogP) is 3.71. The molecule has 0 heterocycles. The third kappa shape index (κ3) is 0.414. The summed E-state index contributed by atoms with van der Waals surface area (Å²) in [5, 5.41) is 0. The molecule has 0 aromatic heterocycles. The van der Waals surface area contributed by atoms with Crippen LogP contribution in [-0.4, -0.2) is 0 Å². The highest BCUT2D eigenvalue weighted by Gasteiger charge is 3.00. The van der Waals surface area contributed by atoms with Gasteiger partial charge in [0.1, 0.15) is 0 Å². The first-order valence-electron chi connectivity index (χ1n) is 7.67. The van der Waals surface area contributed by atoms with Gasteiger partial charge in [0.2, 0.25) is 0 Å². The van der Waals surface area contributed by atoms with Gasteiger partial charge in [-0.05, 0) is 70.3 Å². The summed E-state index contributed by atoms with van der Waals surface area (Å²) in [6.07, 6.45) is 7.85. The lowest BCUT2D eigenvalue weighted by Crippen LogP contribution is -2.98. The van der Waals surface area contributed by atoms with Crippen molar-refractivity contribution in [3.63, 3.8) is 0 Å². The third-order valence-corrected chi connectivity index (χ3v) is 8.34. The Balaban J connectivity index is 1.63. The van der Waals surface area contributed by atoms with Gasteiger partial charge in [0.05, 0.1) is 0 Å². The molecule has 7 aliphatic carbocycles. The van der Waals surface area contributed by atoms with Crippen LogP contribution in [0.2, 0.25) is 0 Å². The fourth-order valence-corrected chi connectivity index (χ4v) is 8.48. The molecule has 0 saturated heterocycles. The fraction of sp³-hybridized carbons (Fsp3) is 0.556. The van der Waals surface area contributed by atoms with E-state index < -0.39 is 0 Å². The monoisotopic (exact) mass is 232 g/mol. The Hall–Kier alpha value is -1.04. The van der Waals surface area contributed by atoms with E-state index in [1.807, 2.05) is 0 Å². The lowest BCUT2D eigenvalue weighted by molar-refractivity contribution is -0.516. The largest absolute Gasteiger partial charge is 0.0879 e. The Morgan fingerprint density at radius 2 is 1.28 bits per heavy atom. The molecule has 0 nitrogen and oxygen atoms in total. The van der Waals surface area contributed by atoms with Gasteiger partial charge >= 0.3 is 0 Å². The number of rotatable bonds is 0. The molecule has 0 heteroatoms. The molecule has 0 amide bonds. The zero-order valence-electron chi connectivity index (χ0n) is 10.3. The number of benzene rings is 1. The normalized spacial score (nSPS) is 65.6. The van der Waals surface area contributed by atoms with Crippen molar-refractivity contribution in [1.29, 1.82) is 0 Å². The second-order valence-electron chi connectivity index (χ2n) is 7.75. The zero-order valence-corrected chi connectivity index (χ0v) is 10.3. The Bertz CT molecular complexity index is 613. The Labute approximate surface area is 107 Å². The molecular formula is C18H16. The van der Waals surface area contributed by atoms with Gasteiger partial charge in [-0.25, -0.2) is 0 Å².